The average Bonchev–Trinajstić information content (AvgIpc) is 2.63. The van der Waals surface area contributed by atoms with Gasteiger partial charge < -0.3 is 10.6 Å². The van der Waals surface area contributed by atoms with Crippen molar-refractivity contribution in [1.82, 2.24) is 9.97 Å². The van der Waals surface area contributed by atoms with Crippen LogP contribution in [0, 0.1) is 17.0 Å². The number of nitrogens with one attached hydrogen (secondary N) is 2. The standard InChI is InChI=1S/C18H14F3N5O2/c1-11-2-6-13(7-3-11)24-16-15(26(27)28)17(23-10-22-16)25-14-8-4-12(5-9-14)18(19,20)21/h2-10H,1H3,(H2,22,23,24,25). The van der Waals surface area contributed by atoms with E-state index in [0.29, 0.717) is 5.69 Å². The lowest BCUT2D eigenvalue weighted by atomic mass is 10.2. The Bertz CT molecular complexity index is 990. The molecule has 7 nitrogen and oxygen atoms in total. The van der Waals surface area contributed by atoms with Gasteiger partial charge in [0.05, 0.1) is 10.5 Å². The maximum absolute atomic E-state index is 12.7. The first kappa shape index (κ1) is 19.1. The summed E-state index contributed by atoms with van der Waals surface area (Å²) in [5.41, 5.74) is 0.580. The number of hydrogen-bond acceptors (Lipinski definition) is 6. The molecule has 3 aromatic rings. The van der Waals surface area contributed by atoms with Crippen molar-refractivity contribution in [3.8, 4) is 0 Å². The van der Waals surface area contributed by atoms with Gasteiger partial charge in [0.15, 0.2) is 0 Å². The van der Waals surface area contributed by atoms with Gasteiger partial charge >= 0.3 is 11.9 Å². The van der Waals surface area contributed by atoms with Crippen molar-refractivity contribution < 1.29 is 18.1 Å². The predicted molar refractivity (Wildman–Crippen MR) is 97.9 cm³/mol. The van der Waals surface area contributed by atoms with Gasteiger partial charge in [-0.15, -0.1) is 0 Å². The fourth-order valence-corrected chi connectivity index (χ4v) is 2.39. The Hall–Kier alpha value is -3.69. The SMILES string of the molecule is Cc1ccc(Nc2ncnc(Nc3ccc(C(F)(F)F)cc3)c2[N+](=O)[O-])cc1. The van der Waals surface area contributed by atoms with Crippen LogP contribution in [0.4, 0.5) is 41.9 Å². The van der Waals surface area contributed by atoms with E-state index in [9.17, 15) is 23.3 Å². The van der Waals surface area contributed by atoms with Gasteiger partial charge in [0.2, 0.25) is 11.6 Å². The molecule has 0 aliphatic rings. The summed E-state index contributed by atoms with van der Waals surface area (Å²) in [6.45, 7) is 1.91. The third kappa shape index (κ3) is 4.34. The van der Waals surface area contributed by atoms with Gasteiger partial charge in [-0.2, -0.15) is 13.2 Å². The maximum Gasteiger partial charge on any atom is 0.416 e. The zero-order chi connectivity index (χ0) is 20.3. The van der Waals surface area contributed by atoms with Crippen molar-refractivity contribution in [3.05, 3.63) is 76.1 Å². The fourth-order valence-electron chi connectivity index (χ4n) is 2.39. The molecule has 3 rings (SSSR count). The van der Waals surface area contributed by atoms with E-state index in [-0.39, 0.29) is 17.3 Å². The van der Waals surface area contributed by atoms with E-state index < -0.39 is 22.4 Å². The smallest absolute Gasteiger partial charge is 0.334 e. The Kier molecular flexibility index (Phi) is 5.12. The molecule has 0 spiro atoms. The minimum absolute atomic E-state index is 0.0433. The number of anilines is 4. The monoisotopic (exact) mass is 389 g/mol. The molecule has 10 heteroatoms. The van der Waals surface area contributed by atoms with Crippen molar-refractivity contribution >= 4 is 28.7 Å². The van der Waals surface area contributed by atoms with Crippen LogP contribution in [0.25, 0.3) is 0 Å². The number of nitro groups is 1. The van der Waals surface area contributed by atoms with Gasteiger partial charge in [-0.3, -0.25) is 10.1 Å². The number of rotatable bonds is 5. The van der Waals surface area contributed by atoms with E-state index in [1.807, 2.05) is 19.1 Å². The zero-order valence-electron chi connectivity index (χ0n) is 14.5. The number of nitrogens with zero attached hydrogens (tertiary/aromatic N) is 3. The molecule has 0 saturated heterocycles. The largest absolute Gasteiger partial charge is 0.416 e. The Labute approximate surface area is 157 Å². The van der Waals surface area contributed by atoms with Gasteiger partial charge in [-0.05, 0) is 43.3 Å². The summed E-state index contributed by atoms with van der Waals surface area (Å²) < 4.78 is 38.0. The molecule has 0 fully saturated rings. The molecule has 2 N–H and O–H groups in total. The van der Waals surface area contributed by atoms with E-state index in [4.69, 9.17) is 0 Å². The van der Waals surface area contributed by atoms with Gasteiger partial charge in [0.1, 0.15) is 6.33 Å². The first-order valence-corrected chi connectivity index (χ1v) is 8.01. The molecule has 0 bridgehead atoms. The first-order chi connectivity index (χ1) is 13.2. The van der Waals surface area contributed by atoms with Crippen molar-refractivity contribution in [1.29, 1.82) is 0 Å². The number of benzene rings is 2. The van der Waals surface area contributed by atoms with E-state index >= 15 is 0 Å². The second kappa shape index (κ2) is 7.51. The summed E-state index contributed by atoms with van der Waals surface area (Å²) in [4.78, 5) is 18.7. The molecule has 1 aromatic heterocycles. The Morgan fingerprint density at radius 3 is 1.79 bits per heavy atom. The van der Waals surface area contributed by atoms with Crippen molar-refractivity contribution in [2.75, 3.05) is 10.6 Å². The topological polar surface area (TPSA) is 93.0 Å². The minimum Gasteiger partial charge on any atom is -0.334 e. The van der Waals surface area contributed by atoms with Crippen LogP contribution in [0.1, 0.15) is 11.1 Å². The molecule has 0 atom stereocenters. The number of halogens is 3. The molecular formula is C18H14F3N5O2. The number of aromatic nitrogens is 2. The molecule has 0 unspecified atom stereocenters. The predicted octanol–water partition coefficient (Wildman–Crippen LogP) is 5.20. The van der Waals surface area contributed by atoms with Crippen LogP contribution in [-0.4, -0.2) is 14.9 Å². The van der Waals surface area contributed by atoms with Crippen LogP contribution in [0.5, 0.6) is 0 Å². The van der Waals surface area contributed by atoms with E-state index in [0.717, 1.165) is 24.0 Å². The third-order valence-corrected chi connectivity index (χ3v) is 3.79. The quantitative estimate of drug-likeness (QED) is 0.460. The number of aryl methyl sites for hydroxylation is 1. The second-order valence-corrected chi connectivity index (χ2v) is 5.87. The Morgan fingerprint density at radius 2 is 1.36 bits per heavy atom. The fraction of sp³-hybridized carbons (Fsp3) is 0.111. The molecule has 0 aliphatic carbocycles. The van der Waals surface area contributed by atoms with E-state index in [1.165, 1.54) is 12.1 Å². The van der Waals surface area contributed by atoms with Crippen LogP contribution in [0.2, 0.25) is 0 Å². The maximum atomic E-state index is 12.7. The zero-order valence-corrected chi connectivity index (χ0v) is 14.5. The summed E-state index contributed by atoms with van der Waals surface area (Å²) in [5.74, 6) is -0.187. The van der Waals surface area contributed by atoms with Gasteiger partial charge in [0, 0.05) is 11.4 Å². The van der Waals surface area contributed by atoms with Crippen molar-refractivity contribution in [2.45, 2.75) is 13.1 Å². The normalized spacial score (nSPS) is 11.1. The molecule has 0 amide bonds. The minimum atomic E-state index is -4.47. The van der Waals surface area contributed by atoms with E-state index in [2.05, 4.69) is 20.6 Å². The van der Waals surface area contributed by atoms with Gasteiger partial charge in [-0.25, -0.2) is 9.97 Å². The highest BCUT2D eigenvalue weighted by Crippen LogP contribution is 2.34. The van der Waals surface area contributed by atoms with Crippen molar-refractivity contribution in [3.63, 3.8) is 0 Å². The van der Waals surface area contributed by atoms with Crippen LogP contribution < -0.4 is 10.6 Å². The molecule has 0 aliphatic heterocycles. The highest BCUT2D eigenvalue weighted by Gasteiger charge is 2.30. The summed E-state index contributed by atoms with van der Waals surface area (Å²) >= 11 is 0. The summed E-state index contributed by atoms with van der Waals surface area (Å²) in [5, 5.41) is 17.1. The van der Waals surface area contributed by atoms with Gasteiger partial charge in [-0.1, -0.05) is 17.7 Å². The average molecular weight is 389 g/mol. The molecule has 2 aromatic carbocycles. The lowest BCUT2D eigenvalue weighted by Crippen LogP contribution is -2.06. The van der Waals surface area contributed by atoms with Crippen LogP contribution in [0.15, 0.2) is 54.9 Å². The van der Waals surface area contributed by atoms with Crippen molar-refractivity contribution in [2.24, 2.45) is 0 Å². The van der Waals surface area contributed by atoms with E-state index in [1.54, 1.807) is 12.1 Å². The summed E-state index contributed by atoms with van der Waals surface area (Å²) in [7, 11) is 0. The molecule has 144 valence electrons. The molecule has 0 saturated carbocycles. The number of alkyl halides is 3. The summed E-state index contributed by atoms with van der Waals surface area (Å²) in [6.07, 6.45) is -3.35. The first-order valence-electron chi connectivity index (χ1n) is 8.01. The molecule has 0 radical (unpaired) electrons. The Morgan fingerprint density at radius 1 is 0.893 bits per heavy atom. The third-order valence-electron chi connectivity index (χ3n) is 3.79. The van der Waals surface area contributed by atoms with Gasteiger partial charge in [0.25, 0.3) is 0 Å². The lowest BCUT2D eigenvalue weighted by molar-refractivity contribution is -0.383. The highest BCUT2D eigenvalue weighted by atomic mass is 19.4. The van der Waals surface area contributed by atoms with Crippen LogP contribution in [-0.2, 0) is 6.18 Å². The second-order valence-electron chi connectivity index (χ2n) is 5.87. The number of hydrogen-bond donors (Lipinski definition) is 2. The van der Waals surface area contributed by atoms with Crippen LogP contribution >= 0.6 is 0 Å². The lowest BCUT2D eigenvalue weighted by Gasteiger charge is -2.11. The highest BCUT2D eigenvalue weighted by molar-refractivity contribution is 5.76. The van der Waals surface area contributed by atoms with Crippen LogP contribution in [0.3, 0.4) is 0 Å². The molecular weight excluding hydrogens is 375 g/mol. The summed E-state index contributed by atoms with van der Waals surface area (Å²) in [6, 6.07) is 11.2. The Balaban J connectivity index is 1.91. The molecule has 1 heterocycles. The molecule has 28 heavy (non-hydrogen) atoms.